The predicted octanol–water partition coefficient (Wildman–Crippen LogP) is -8.80. The van der Waals surface area contributed by atoms with Gasteiger partial charge in [-0.15, -0.1) is 0 Å². The van der Waals surface area contributed by atoms with Gasteiger partial charge in [0.1, 0.15) is 6.10 Å². The molecule has 0 heterocycles. The molecule has 2 aliphatic rings. The molecule has 0 aromatic carbocycles. The first kappa shape index (κ1) is 19.8. The normalized spacial score (nSPS) is 42.1. The van der Waals surface area contributed by atoms with E-state index in [1.165, 1.54) is 0 Å². The lowest BCUT2D eigenvalue weighted by atomic mass is 9.61. The van der Waals surface area contributed by atoms with Crippen LogP contribution in [0.15, 0.2) is 0 Å². The van der Waals surface area contributed by atoms with Gasteiger partial charge in [0, 0.05) is 0 Å². The Hall–Kier alpha value is -0.560. The van der Waals surface area contributed by atoms with E-state index in [1.54, 1.807) is 0 Å². The van der Waals surface area contributed by atoms with Crippen LogP contribution in [-0.4, -0.2) is 118 Å². The molecule has 2 rings (SSSR count). The van der Waals surface area contributed by atoms with E-state index in [0.717, 1.165) is 0 Å². The molecule has 0 aromatic heterocycles. The van der Waals surface area contributed by atoms with E-state index in [2.05, 4.69) is 0 Å². The highest BCUT2D eigenvalue weighted by Crippen LogP contribution is 2.77. The molecule has 1 unspecified atom stereocenters. The predicted molar refractivity (Wildman–Crippen MR) is 62.1 cm³/mol. The van der Waals surface area contributed by atoms with E-state index >= 15 is 0 Å². The van der Waals surface area contributed by atoms with Gasteiger partial charge in [0.15, 0.2) is 0 Å². The first-order chi connectivity index (χ1) is 10.2. The van der Waals surface area contributed by atoms with E-state index in [4.69, 9.17) is 0 Å². The fourth-order valence-corrected chi connectivity index (χ4v) is 3.84. The van der Waals surface area contributed by atoms with E-state index in [0.29, 0.717) is 6.92 Å². The van der Waals surface area contributed by atoms with Gasteiger partial charge in [-0.3, -0.25) is 0 Å². The molecule has 2 aliphatic carbocycles. The van der Waals surface area contributed by atoms with Crippen molar-refractivity contribution in [1.82, 2.24) is 0 Å². The van der Waals surface area contributed by atoms with Crippen LogP contribution in [0, 0.1) is 5.41 Å². The topological polar surface area (TPSA) is 283 Å². The maximum atomic E-state index is 10.1. The van der Waals surface area contributed by atoms with Crippen molar-refractivity contribution in [3.8, 4) is 0 Å². The lowest BCUT2D eigenvalue weighted by molar-refractivity contribution is -0.555. The van der Waals surface area contributed by atoms with Crippen molar-refractivity contribution >= 4 is 0 Å². The minimum Gasteiger partial charge on any atom is -0.388 e. The number of aliphatic hydroxyl groups excluding tert-OH is 1. The SMILES string of the molecule is CC(O)C(O)(O)C12C(O)(O)C(O)(O)C(O)(C(O)(O)C1(O)O)C2(O)O. The third-order valence-electron chi connectivity index (χ3n) is 5.19. The average Bonchev–Trinajstić information content (AvgIpc) is 2.46. The van der Waals surface area contributed by atoms with Gasteiger partial charge in [0.25, 0.3) is 11.6 Å². The fourth-order valence-electron chi connectivity index (χ4n) is 3.84. The van der Waals surface area contributed by atoms with Crippen LogP contribution >= 0.6 is 0 Å². The highest BCUT2D eigenvalue weighted by atomic mass is 16.7. The Morgan fingerprint density at radius 2 is 0.875 bits per heavy atom. The first-order valence-electron chi connectivity index (χ1n) is 6.28. The largest absolute Gasteiger partial charge is 0.388 e. The van der Waals surface area contributed by atoms with Crippen LogP contribution in [0.25, 0.3) is 0 Å². The maximum absolute atomic E-state index is 10.1. The second-order valence-electron chi connectivity index (χ2n) is 6.22. The molecule has 0 aliphatic heterocycles. The van der Waals surface area contributed by atoms with Crippen molar-refractivity contribution < 1.29 is 71.5 Å². The van der Waals surface area contributed by atoms with Crippen molar-refractivity contribution in [2.24, 2.45) is 5.41 Å². The summed E-state index contributed by atoms with van der Waals surface area (Å²) in [6.45, 7) is 0.430. The monoisotopic (exact) mass is 362 g/mol. The Morgan fingerprint density at radius 1 is 0.583 bits per heavy atom. The summed E-state index contributed by atoms with van der Waals surface area (Å²) in [4.78, 5) is 0. The molecule has 0 spiro atoms. The van der Waals surface area contributed by atoms with Crippen molar-refractivity contribution in [2.75, 3.05) is 0 Å². The van der Waals surface area contributed by atoms with Gasteiger partial charge >= 0.3 is 0 Å². The molecule has 0 aromatic rings. The summed E-state index contributed by atoms with van der Waals surface area (Å²) in [6, 6.07) is 0. The van der Waals surface area contributed by atoms with Gasteiger partial charge in [-0.05, 0) is 6.92 Å². The second kappa shape index (κ2) is 4.05. The molecule has 14 N–H and O–H groups in total. The van der Waals surface area contributed by atoms with Gasteiger partial charge in [-0.2, -0.15) is 0 Å². The van der Waals surface area contributed by atoms with Crippen LogP contribution in [0.5, 0.6) is 0 Å². The summed E-state index contributed by atoms with van der Waals surface area (Å²) in [5, 5.41) is 138. The summed E-state index contributed by atoms with van der Waals surface area (Å²) in [6.07, 6.45) is -2.75. The number of hydrogen-bond acceptors (Lipinski definition) is 14. The quantitative estimate of drug-likeness (QED) is 0.203. The van der Waals surface area contributed by atoms with E-state index < -0.39 is 51.8 Å². The fraction of sp³-hybridized carbons (Fsp3) is 1.00. The molecule has 1 atom stereocenters. The van der Waals surface area contributed by atoms with E-state index in [-0.39, 0.29) is 0 Å². The molecular formula is C10H18O14. The number of aliphatic hydroxyl groups is 14. The molecular weight excluding hydrogens is 344 g/mol. The van der Waals surface area contributed by atoms with E-state index in [1.807, 2.05) is 0 Å². The van der Waals surface area contributed by atoms with E-state index in [9.17, 15) is 71.5 Å². The molecule has 0 amide bonds. The molecule has 2 bridgehead atoms. The number of rotatable bonds is 2. The average molecular weight is 362 g/mol. The summed E-state index contributed by atoms with van der Waals surface area (Å²) < 4.78 is 0. The second-order valence-corrected chi connectivity index (χ2v) is 6.22. The van der Waals surface area contributed by atoms with Crippen molar-refractivity contribution in [3.05, 3.63) is 0 Å². The number of fused-ring (bicyclic) bond motifs is 2. The lowest BCUT2D eigenvalue weighted by Crippen LogP contribution is -2.88. The van der Waals surface area contributed by atoms with Gasteiger partial charge in [0.2, 0.25) is 34.2 Å². The van der Waals surface area contributed by atoms with Crippen molar-refractivity contribution in [2.45, 2.75) is 53.4 Å². The van der Waals surface area contributed by atoms with Gasteiger partial charge in [0.05, 0.1) is 0 Å². The Kier molecular flexibility index (Phi) is 3.34. The standard InChI is InChI=1S/C10H18O14/c1-2(11)3(12,13)4-6(15,16)5(14,9(21,22)7(4,17)18)10(23,24)8(4,19)20/h2,11-24H,1H3. The smallest absolute Gasteiger partial charge is 0.260 e. The van der Waals surface area contributed by atoms with Crippen LogP contribution in [0.3, 0.4) is 0 Å². The maximum Gasteiger partial charge on any atom is 0.260 e. The Morgan fingerprint density at radius 3 is 1.12 bits per heavy atom. The summed E-state index contributed by atoms with van der Waals surface area (Å²) in [5.41, 5.74) is -9.64. The Balaban J connectivity index is 3.15. The number of hydrogen-bond donors (Lipinski definition) is 14. The Labute approximate surface area is 131 Å². The van der Waals surface area contributed by atoms with Crippen LogP contribution in [0.1, 0.15) is 6.92 Å². The van der Waals surface area contributed by atoms with Crippen LogP contribution in [0.4, 0.5) is 0 Å². The van der Waals surface area contributed by atoms with Crippen molar-refractivity contribution in [1.29, 1.82) is 0 Å². The molecule has 142 valence electrons. The zero-order valence-electron chi connectivity index (χ0n) is 11.8. The highest BCUT2D eigenvalue weighted by molar-refractivity contribution is 5.44. The Bertz CT molecular complexity index is 544. The summed E-state index contributed by atoms with van der Waals surface area (Å²) in [5.74, 6) is -28.7. The molecule has 14 heteroatoms. The molecule has 24 heavy (non-hydrogen) atoms. The first-order valence-corrected chi connectivity index (χ1v) is 6.28. The minimum absolute atomic E-state index is 0.430. The van der Waals surface area contributed by atoms with Gasteiger partial charge < -0.3 is 71.5 Å². The van der Waals surface area contributed by atoms with Crippen LogP contribution in [0.2, 0.25) is 0 Å². The minimum atomic E-state index is -4.86. The van der Waals surface area contributed by atoms with Gasteiger partial charge in [-0.25, -0.2) is 0 Å². The molecule has 2 saturated carbocycles. The zero-order valence-corrected chi connectivity index (χ0v) is 11.8. The molecule has 2 fully saturated rings. The summed E-state index contributed by atoms with van der Waals surface area (Å²) in [7, 11) is 0. The highest BCUT2D eigenvalue weighted by Gasteiger charge is 3.10. The van der Waals surface area contributed by atoms with Crippen LogP contribution < -0.4 is 0 Å². The zero-order chi connectivity index (χ0) is 19.6. The van der Waals surface area contributed by atoms with Gasteiger partial charge in [-0.1, -0.05) is 0 Å². The summed E-state index contributed by atoms with van der Waals surface area (Å²) >= 11 is 0. The third kappa shape index (κ3) is 1.20. The van der Waals surface area contributed by atoms with Crippen molar-refractivity contribution in [3.63, 3.8) is 0 Å². The molecule has 0 saturated heterocycles. The lowest BCUT2D eigenvalue weighted by Gasteiger charge is -2.58. The van der Waals surface area contributed by atoms with Crippen LogP contribution in [-0.2, 0) is 0 Å². The molecule has 14 nitrogen and oxygen atoms in total. The third-order valence-corrected chi connectivity index (χ3v) is 5.19. The molecule has 0 radical (unpaired) electrons.